The SMILES string of the molecule is CCn1nccc1CNC(=O)[C@H]1[C@@H](C(=O)O)[C@H]2C=C[C@H]1C2. The van der Waals surface area contributed by atoms with E-state index in [0.717, 1.165) is 18.7 Å². The van der Waals surface area contributed by atoms with E-state index in [1.165, 1.54) is 0 Å². The fourth-order valence-electron chi connectivity index (χ4n) is 3.61. The monoisotopic (exact) mass is 289 g/mol. The van der Waals surface area contributed by atoms with Crippen molar-refractivity contribution in [2.24, 2.45) is 23.7 Å². The summed E-state index contributed by atoms with van der Waals surface area (Å²) < 4.78 is 1.82. The Morgan fingerprint density at radius 3 is 2.76 bits per heavy atom. The number of allylic oxidation sites excluding steroid dienone is 2. The zero-order valence-corrected chi connectivity index (χ0v) is 11.9. The lowest BCUT2D eigenvalue weighted by atomic mass is 9.82. The third kappa shape index (κ3) is 2.34. The van der Waals surface area contributed by atoms with Gasteiger partial charge in [-0.15, -0.1) is 0 Å². The highest BCUT2D eigenvalue weighted by Gasteiger charge is 2.51. The summed E-state index contributed by atoms with van der Waals surface area (Å²) in [6.45, 7) is 3.11. The van der Waals surface area contributed by atoms with E-state index in [4.69, 9.17) is 0 Å². The summed E-state index contributed by atoms with van der Waals surface area (Å²) in [5.74, 6) is -2.00. The van der Waals surface area contributed by atoms with Gasteiger partial charge in [-0.05, 0) is 31.2 Å². The molecular formula is C15H19N3O3. The van der Waals surface area contributed by atoms with Crippen LogP contribution in [0.1, 0.15) is 19.0 Å². The average molecular weight is 289 g/mol. The number of aromatic nitrogens is 2. The number of amides is 1. The third-order valence-corrected chi connectivity index (χ3v) is 4.59. The number of nitrogens with one attached hydrogen (secondary N) is 1. The van der Waals surface area contributed by atoms with E-state index in [9.17, 15) is 14.7 Å². The second kappa shape index (κ2) is 5.35. The molecule has 0 radical (unpaired) electrons. The van der Waals surface area contributed by atoms with Crippen LogP contribution in [0, 0.1) is 23.7 Å². The molecule has 6 heteroatoms. The van der Waals surface area contributed by atoms with E-state index in [1.54, 1.807) is 6.20 Å². The zero-order valence-electron chi connectivity index (χ0n) is 11.9. The standard InChI is InChI=1S/C15H19N3O3/c1-2-18-11(5-6-17-18)8-16-14(19)12-9-3-4-10(7-9)13(12)15(20)21/h3-6,9-10,12-13H,2,7-8H2,1H3,(H,16,19)(H,20,21)/t9-,10-,12+,13-/m0/s1. The number of rotatable bonds is 5. The van der Waals surface area contributed by atoms with E-state index >= 15 is 0 Å². The molecule has 1 saturated carbocycles. The number of carboxylic acid groups (broad SMARTS) is 1. The Balaban J connectivity index is 1.68. The van der Waals surface area contributed by atoms with Gasteiger partial charge in [0.25, 0.3) is 0 Å². The Labute approximate surface area is 122 Å². The number of fused-ring (bicyclic) bond motifs is 2. The van der Waals surface area contributed by atoms with Crippen LogP contribution in [-0.2, 0) is 22.7 Å². The Hall–Kier alpha value is -2.11. The summed E-state index contributed by atoms with van der Waals surface area (Å²) in [4.78, 5) is 23.8. The van der Waals surface area contributed by atoms with Gasteiger partial charge in [0.15, 0.2) is 0 Å². The lowest BCUT2D eigenvalue weighted by molar-refractivity contribution is -0.147. The lowest BCUT2D eigenvalue weighted by Gasteiger charge is -2.23. The maximum atomic E-state index is 12.4. The molecule has 2 N–H and O–H groups in total. The number of carboxylic acids is 1. The molecule has 112 valence electrons. The fourth-order valence-corrected chi connectivity index (χ4v) is 3.61. The first-order valence-corrected chi connectivity index (χ1v) is 7.31. The number of nitrogens with zero attached hydrogens (tertiary/aromatic N) is 2. The molecule has 1 amide bonds. The number of carbonyl (C=O) groups excluding carboxylic acids is 1. The highest BCUT2D eigenvalue weighted by Crippen LogP contribution is 2.48. The molecule has 1 aromatic rings. The van der Waals surface area contributed by atoms with Crippen molar-refractivity contribution in [2.75, 3.05) is 0 Å². The third-order valence-electron chi connectivity index (χ3n) is 4.59. The molecule has 2 bridgehead atoms. The second-order valence-corrected chi connectivity index (χ2v) is 5.69. The predicted octanol–water partition coefficient (Wildman–Crippen LogP) is 1.04. The van der Waals surface area contributed by atoms with Crippen molar-refractivity contribution in [3.8, 4) is 0 Å². The van der Waals surface area contributed by atoms with Crippen LogP contribution >= 0.6 is 0 Å². The summed E-state index contributed by atoms with van der Waals surface area (Å²) in [7, 11) is 0. The van der Waals surface area contributed by atoms with Gasteiger partial charge in [0.05, 0.1) is 24.1 Å². The summed E-state index contributed by atoms with van der Waals surface area (Å²) in [5, 5.41) is 16.4. The summed E-state index contributed by atoms with van der Waals surface area (Å²) in [6, 6.07) is 1.86. The molecule has 4 atom stereocenters. The smallest absolute Gasteiger partial charge is 0.307 e. The predicted molar refractivity (Wildman–Crippen MR) is 75.1 cm³/mol. The molecule has 2 aliphatic carbocycles. The largest absolute Gasteiger partial charge is 0.481 e. The number of hydrogen-bond acceptors (Lipinski definition) is 3. The van der Waals surface area contributed by atoms with Gasteiger partial charge in [0, 0.05) is 12.7 Å². The number of aliphatic carboxylic acids is 1. The van der Waals surface area contributed by atoms with Crippen molar-refractivity contribution in [3.05, 3.63) is 30.1 Å². The van der Waals surface area contributed by atoms with Crippen LogP contribution in [0.5, 0.6) is 0 Å². The van der Waals surface area contributed by atoms with Gasteiger partial charge in [-0.25, -0.2) is 0 Å². The first kappa shape index (κ1) is 13.9. The normalized spacial score (nSPS) is 29.8. The zero-order chi connectivity index (χ0) is 15.0. The molecule has 6 nitrogen and oxygen atoms in total. The highest BCUT2D eigenvalue weighted by atomic mass is 16.4. The van der Waals surface area contributed by atoms with Gasteiger partial charge in [0.1, 0.15) is 0 Å². The Kier molecular flexibility index (Phi) is 3.53. The molecule has 1 heterocycles. The van der Waals surface area contributed by atoms with Crippen LogP contribution in [0.15, 0.2) is 24.4 Å². The molecule has 0 unspecified atom stereocenters. The van der Waals surface area contributed by atoms with E-state index < -0.39 is 17.8 Å². The molecule has 21 heavy (non-hydrogen) atoms. The summed E-state index contributed by atoms with van der Waals surface area (Å²) in [6.07, 6.45) is 6.41. The maximum absolute atomic E-state index is 12.4. The van der Waals surface area contributed by atoms with Gasteiger partial charge in [-0.1, -0.05) is 12.2 Å². The Morgan fingerprint density at radius 2 is 2.10 bits per heavy atom. The molecule has 0 aromatic carbocycles. The molecular weight excluding hydrogens is 270 g/mol. The van der Waals surface area contributed by atoms with Gasteiger partial charge in [-0.3, -0.25) is 14.3 Å². The Morgan fingerprint density at radius 1 is 1.38 bits per heavy atom. The van der Waals surface area contributed by atoms with Crippen LogP contribution < -0.4 is 5.32 Å². The van der Waals surface area contributed by atoms with Crippen LogP contribution in [0.3, 0.4) is 0 Å². The Bertz CT molecular complexity index is 593. The molecule has 1 fully saturated rings. The number of carbonyl (C=O) groups is 2. The summed E-state index contributed by atoms with van der Waals surface area (Å²) in [5.41, 5.74) is 0.927. The van der Waals surface area contributed by atoms with Crippen LogP contribution in [0.2, 0.25) is 0 Å². The first-order chi connectivity index (χ1) is 10.1. The molecule has 0 saturated heterocycles. The molecule has 3 rings (SSSR count). The van der Waals surface area contributed by atoms with Gasteiger partial charge in [0.2, 0.25) is 5.91 Å². The second-order valence-electron chi connectivity index (χ2n) is 5.69. The van der Waals surface area contributed by atoms with E-state index in [1.807, 2.05) is 29.8 Å². The van der Waals surface area contributed by atoms with Crippen molar-refractivity contribution in [3.63, 3.8) is 0 Å². The minimum atomic E-state index is -0.870. The maximum Gasteiger partial charge on any atom is 0.307 e. The van der Waals surface area contributed by atoms with Crippen molar-refractivity contribution in [2.45, 2.75) is 26.4 Å². The van der Waals surface area contributed by atoms with Crippen molar-refractivity contribution in [1.82, 2.24) is 15.1 Å². The van der Waals surface area contributed by atoms with Gasteiger partial charge in [-0.2, -0.15) is 5.10 Å². The minimum Gasteiger partial charge on any atom is -0.481 e. The highest BCUT2D eigenvalue weighted by molar-refractivity contribution is 5.86. The van der Waals surface area contributed by atoms with Crippen molar-refractivity contribution < 1.29 is 14.7 Å². The number of hydrogen-bond donors (Lipinski definition) is 2. The van der Waals surface area contributed by atoms with Crippen LogP contribution in [0.25, 0.3) is 0 Å². The lowest BCUT2D eigenvalue weighted by Crippen LogP contribution is -2.40. The minimum absolute atomic E-state index is 0.00409. The van der Waals surface area contributed by atoms with Crippen molar-refractivity contribution >= 4 is 11.9 Å². The van der Waals surface area contributed by atoms with E-state index in [0.29, 0.717) is 6.54 Å². The van der Waals surface area contributed by atoms with Crippen molar-refractivity contribution in [1.29, 1.82) is 0 Å². The summed E-state index contributed by atoms with van der Waals surface area (Å²) >= 11 is 0. The van der Waals surface area contributed by atoms with Gasteiger partial charge < -0.3 is 10.4 Å². The topological polar surface area (TPSA) is 84.2 Å². The first-order valence-electron chi connectivity index (χ1n) is 7.31. The van der Waals surface area contributed by atoms with E-state index in [2.05, 4.69) is 10.4 Å². The van der Waals surface area contributed by atoms with Gasteiger partial charge >= 0.3 is 5.97 Å². The molecule has 1 aromatic heterocycles. The molecule has 2 aliphatic rings. The van der Waals surface area contributed by atoms with E-state index in [-0.39, 0.29) is 17.7 Å². The molecule has 0 aliphatic heterocycles. The molecule has 0 spiro atoms. The van der Waals surface area contributed by atoms with Crippen LogP contribution in [-0.4, -0.2) is 26.8 Å². The van der Waals surface area contributed by atoms with Crippen LogP contribution in [0.4, 0.5) is 0 Å². The fraction of sp³-hybridized carbons (Fsp3) is 0.533. The average Bonchev–Trinajstić information content (AvgIpc) is 3.18. The number of aryl methyl sites for hydroxylation is 1. The quantitative estimate of drug-likeness (QED) is 0.793.